The van der Waals surface area contributed by atoms with Gasteiger partial charge in [0.25, 0.3) is 5.91 Å². The number of nitrogens with one attached hydrogen (secondary N) is 1. The van der Waals surface area contributed by atoms with Crippen molar-refractivity contribution in [1.82, 2.24) is 25.5 Å². The molecule has 0 saturated carbocycles. The number of carbonyl (C=O) groups excluding carboxylic acids is 1. The average Bonchev–Trinajstić information content (AvgIpc) is 2.78. The maximum Gasteiger partial charge on any atom is 0.416 e. The SMILES string of the molecule is COc1ccc(-c2nccnc2C(C)NC(=O)c2cc(OC(F)F)cc(C(F)(F)F)c2)nn1. The molecule has 1 N–H and O–H groups in total. The standard InChI is InChI=1S/C20H16F5N5O3/c1-10(16-17(27-6-5-26-16)14-3-4-15(32-2)30-29-14)28-18(31)11-7-12(20(23,24)25)9-13(8-11)33-19(21)22/h3-10,19H,1-2H3,(H,28,31). The second kappa shape index (κ2) is 9.71. The third-order valence-electron chi connectivity index (χ3n) is 4.30. The maximum atomic E-state index is 13.2. The summed E-state index contributed by atoms with van der Waals surface area (Å²) in [6, 6.07) is 3.96. The molecule has 2 aromatic heterocycles. The Morgan fingerprint density at radius 3 is 2.39 bits per heavy atom. The maximum absolute atomic E-state index is 13.2. The fraction of sp³-hybridized carbons (Fsp3) is 0.250. The summed E-state index contributed by atoms with van der Waals surface area (Å²) >= 11 is 0. The predicted octanol–water partition coefficient (Wildman–Crippen LogP) is 4.05. The van der Waals surface area contributed by atoms with Crippen molar-refractivity contribution in [3.63, 3.8) is 0 Å². The molecule has 1 atom stereocenters. The molecule has 13 heteroatoms. The van der Waals surface area contributed by atoms with Gasteiger partial charge in [0.2, 0.25) is 5.88 Å². The number of rotatable bonds is 7. The van der Waals surface area contributed by atoms with Gasteiger partial charge in [0, 0.05) is 24.0 Å². The number of carbonyl (C=O) groups is 1. The van der Waals surface area contributed by atoms with Crippen molar-refractivity contribution in [3.8, 4) is 23.0 Å². The van der Waals surface area contributed by atoms with Crippen LogP contribution >= 0.6 is 0 Å². The van der Waals surface area contributed by atoms with Gasteiger partial charge in [0.05, 0.1) is 24.4 Å². The minimum atomic E-state index is -4.88. The second-order valence-electron chi connectivity index (χ2n) is 6.57. The second-order valence-corrected chi connectivity index (χ2v) is 6.57. The topological polar surface area (TPSA) is 99.1 Å². The molecule has 0 spiro atoms. The lowest BCUT2D eigenvalue weighted by molar-refractivity contribution is -0.138. The van der Waals surface area contributed by atoms with Crippen LogP contribution in [0, 0.1) is 0 Å². The van der Waals surface area contributed by atoms with Crippen molar-refractivity contribution >= 4 is 5.91 Å². The largest absolute Gasteiger partial charge is 0.480 e. The fourth-order valence-electron chi connectivity index (χ4n) is 2.83. The molecule has 2 heterocycles. The van der Waals surface area contributed by atoms with Crippen LogP contribution in [0.4, 0.5) is 22.0 Å². The molecule has 0 radical (unpaired) electrons. The molecule has 1 amide bonds. The van der Waals surface area contributed by atoms with E-state index in [4.69, 9.17) is 4.74 Å². The molecule has 1 aromatic carbocycles. The van der Waals surface area contributed by atoms with E-state index in [-0.39, 0.29) is 17.3 Å². The number of ether oxygens (including phenoxy) is 2. The lowest BCUT2D eigenvalue weighted by Crippen LogP contribution is -2.28. The molecule has 0 aliphatic rings. The first-order valence-electron chi connectivity index (χ1n) is 9.25. The summed E-state index contributed by atoms with van der Waals surface area (Å²) in [5.41, 5.74) is -1.01. The lowest BCUT2D eigenvalue weighted by atomic mass is 10.1. The van der Waals surface area contributed by atoms with E-state index in [2.05, 4.69) is 30.2 Å². The number of methoxy groups -OCH3 is 1. The lowest BCUT2D eigenvalue weighted by Gasteiger charge is -2.17. The molecule has 0 bridgehead atoms. The van der Waals surface area contributed by atoms with Gasteiger partial charge in [0.15, 0.2) is 0 Å². The molecule has 0 aliphatic heterocycles. The van der Waals surface area contributed by atoms with Gasteiger partial charge in [-0.15, -0.1) is 10.2 Å². The van der Waals surface area contributed by atoms with Gasteiger partial charge >= 0.3 is 12.8 Å². The highest BCUT2D eigenvalue weighted by Crippen LogP contribution is 2.33. The fourth-order valence-corrected chi connectivity index (χ4v) is 2.83. The Balaban J connectivity index is 1.89. The van der Waals surface area contributed by atoms with E-state index in [0.29, 0.717) is 17.8 Å². The van der Waals surface area contributed by atoms with E-state index in [1.165, 1.54) is 32.5 Å². The van der Waals surface area contributed by atoms with Crippen molar-refractivity contribution in [2.75, 3.05) is 7.11 Å². The first-order valence-corrected chi connectivity index (χ1v) is 9.25. The average molecular weight is 469 g/mol. The number of benzene rings is 1. The number of nitrogens with zero attached hydrogens (tertiary/aromatic N) is 4. The van der Waals surface area contributed by atoms with Crippen molar-refractivity contribution < 1.29 is 36.2 Å². The molecule has 0 fully saturated rings. The first-order chi connectivity index (χ1) is 15.6. The minimum Gasteiger partial charge on any atom is -0.480 e. The Morgan fingerprint density at radius 2 is 1.79 bits per heavy atom. The van der Waals surface area contributed by atoms with Crippen LogP contribution in [-0.4, -0.2) is 39.8 Å². The number of alkyl halides is 5. The zero-order valence-electron chi connectivity index (χ0n) is 17.1. The molecule has 3 rings (SSSR count). The normalized spacial score (nSPS) is 12.4. The Kier molecular flexibility index (Phi) is 6.99. The first kappa shape index (κ1) is 23.8. The summed E-state index contributed by atoms with van der Waals surface area (Å²) in [6.07, 6.45) is -2.13. The number of hydrogen-bond donors (Lipinski definition) is 1. The number of hydrogen-bond acceptors (Lipinski definition) is 7. The Labute approximate surface area is 183 Å². The molecule has 3 aromatic rings. The summed E-state index contributed by atoms with van der Waals surface area (Å²) in [7, 11) is 1.42. The van der Waals surface area contributed by atoms with Gasteiger partial charge < -0.3 is 14.8 Å². The summed E-state index contributed by atoms with van der Waals surface area (Å²) in [6.45, 7) is -1.84. The van der Waals surface area contributed by atoms with E-state index in [1.807, 2.05) is 0 Å². The zero-order valence-corrected chi connectivity index (χ0v) is 17.1. The van der Waals surface area contributed by atoms with Crippen LogP contribution in [0.15, 0.2) is 42.7 Å². The van der Waals surface area contributed by atoms with Crippen LogP contribution in [0.25, 0.3) is 11.4 Å². The van der Waals surface area contributed by atoms with Gasteiger partial charge in [-0.05, 0) is 31.2 Å². The Hall–Kier alpha value is -3.90. The Morgan fingerprint density at radius 1 is 1.06 bits per heavy atom. The van der Waals surface area contributed by atoms with Crippen LogP contribution < -0.4 is 14.8 Å². The van der Waals surface area contributed by atoms with E-state index < -0.39 is 41.6 Å². The predicted molar refractivity (Wildman–Crippen MR) is 104 cm³/mol. The molecule has 0 aliphatic carbocycles. The summed E-state index contributed by atoms with van der Waals surface area (Å²) in [5, 5.41) is 10.3. The zero-order chi connectivity index (χ0) is 24.2. The number of aromatic nitrogens is 4. The smallest absolute Gasteiger partial charge is 0.416 e. The van der Waals surface area contributed by atoms with Crippen LogP contribution in [-0.2, 0) is 6.18 Å². The quantitative estimate of drug-likeness (QED) is 0.521. The molecule has 8 nitrogen and oxygen atoms in total. The Bertz CT molecular complexity index is 1130. The summed E-state index contributed by atoms with van der Waals surface area (Å²) < 4.78 is 73.5. The monoisotopic (exact) mass is 469 g/mol. The van der Waals surface area contributed by atoms with E-state index in [0.717, 1.165) is 6.07 Å². The number of amides is 1. The highest BCUT2D eigenvalue weighted by atomic mass is 19.4. The van der Waals surface area contributed by atoms with E-state index in [1.54, 1.807) is 6.07 Å². The minimum absolute atomic E-state index is 0.251. The van der Waals surface area contributed by atoms with Gasteiger partial charge in [0.1, 0.15) is 17.1 Å². The van der Waals surface area contributed by atoms with Gasteiger partial charge in [-0.3, -0.25) is 14.8 Å². The molecule has 33 heavy (non-hydrogen) atoms. The van der Waals surface area contributed by atoms with Crippen molar-refractivity contribution in [2.45, 2.75) is 25.8 Å². The van der Waals surface area contributed by atoms with Gasteiger partial charge in [-0.1, -0.05) is 0 Å². The van der Waals surface area contributed by atoms with E-state index in [9.17, 15) is 26.7 Å². The highest BCUT2D eigenvalue weighted by Gasteiger charge is 2.32. The molecular formula is C20H16F5N5O3. The van der Waals surface area contributed by atoms with Gasteiger partial charge in [-0.2, -0.15) is 22.0 Å². The van der Waals surface area contributed by atoms with Crippen molar-refractivity contribution in [2.24, 2.45) is 0 Å². The number of halogens is 5. The molecular weight excluding hydrogens is 453 g/mol. The van der Waals surface area contributed by atoms with Crippen LogP contribution in [0.5, 0.6) is 11.6 Å². The van der Waals surface area contributed by atoms with Gasteiger partial charge in [-0.25, -0.2) is 0 Å². The highest BCUT2D eigenvalue weighted by molar-refractivity contribution is 5.95. The molecule has 0 saturated heterocycles. The molecule has 174 valence electrons. The molecule has 1 unspecified atom stereocenters. The van der Waals surface area contributed by atoms with Crippen molar-refractivity contribution in [1.29, 1.82) is 0 Å². The van der Waals surface area contributed by atoms with Crippen LogP contribution in [0.3, 0.4) is 0 Å². The van der Waals surface area contributed by atoms with Crippen molar-refractivity contribution in [3.05, 3.63) is 59.5 Å². The summed E-state index contributed by atoms with van der Waals surface area (Å²) in [4.78, 5) is 21.0. The van der Waals surface area contributed by atoms with E-state index >= 15 is 0 Å². The third kappa shape index (κ3) is 5.87. The third-order valence-corrected chi connectivity index (χ3v) is 4.30. The summed E-state index contributed by atoms with van der Waals surface area (Å²) in [5.74, 6) is -1.51. The van der Waals surface area contributed by atoms with Crippen LogP contribution in [0.1, 0.15) is 34.6 Å². The van der Waals surface area contributed by atoms with Crippen LogP contribution in [0.2, 0.25) is 0 Å².